The monoisotopic (exact) mass is 363 g/mol. The zero-order valence-electron chi connectivity index (χ0n) is 14.4. The van der Waals surface area contributed by atoms with Gasteiger partial charge in [-0.1, -0.05) is 41.2 Å². The van der Waals surface area contributed by atoms with Gasteiger partial charge in [-0.05, 0) is 31.2 Å². The molecule has 3 aromatic rings. The number of carbonyl (C=O) groups excluding carboxylic acids is 1. The lowest BCUT2D eigenvalue weighted by Crippen LogP contribution is -2.11. The molecule has 1 aromatic heterocycles. The number of hydrogen-bond acceptors (Lipinski definition) is 5. The van der Waals surface area contributed by atoms with Crippen LogP contribution in [0.2, 0.25) is 0 Å². The highest BCUT2D eigenvalue weighted by molar-refractivity contribution is 7.16. The Morgan fingerprint density at radius 1 is 1.19 bits per heavy atom. The second kappa shape index (κ2) is 7.81. The zero-order valence-corrected chi connectivity index (χ0v) is 15.3. The molecule has 2 aromatic carbocycles. The van der Waals surface area contributed by atoms with Crippen LogP contribution in [-0.4, -0.2) is 18.0 Å². The number of nitrogens with one attached hydrogen (secondary N) is 1. The second-order valence-electron chi connectivity index (χ2n) is 5.67. The number of carbonyl (C=O) groups is 1. The van der Waals surface area contributed by atoms with Gasteiger partial charge in [0, 0.05) is 11.1 Å². The van der Waals surface area contributed by atoms with Crippen molar-refractivity contribution in [1.82, 2.24) is 4.98 Å². The van der Waals surface area contributed by atoms with Crippen LogP contribution in [0.15, 0.2) is 48.5 Å². The van der Waals surface area contributed by atoms with Crippen LogP contribution < -0.4 is 10.1 Å². The van der Waals surface area contributed by atoms with Crippen LogP contribution in [-0.2, 0) is 6.42 Å². The van der Waals surface area contributed by atoms with Gasteiger partial charge in [-0.3, -0.25) is 4.79 Å². The fourth-order valence-electron chi connectivity index (χ4n) is 2.42. The van der Waals surface area contributed by atoms with Crippen LogP contribution >= 0.6 is 11.3 Å². The molecular weight excluding hydrogens is 346 g/mol. The number of hydrogen-bond donors (Lipinski definition) is 1. The quantitative estimate of drug-likeness (QED) is 0.727. The number of aromatic nitrogens is 1. The molecule has 0 saturated heterocycles. The molecule has 1 heterocycles. The summed E-state index contributed by atoms with van der Waals surface area (Å²) in [5.41, 5.74) is 3.25. The van der Waals surface area contributed by atoms with Gasteiger partial charge in [0.1, 0.15) is 21.5 Å². The molecule has 26 heavy (non-hydrogen) atoms. The van der Waals surface area contributed by atoms with Crippen molar-refractivity contribution >= 4 is 22.2 Å². The van der Waals surface area contributed by atoms with Crippen molar-refractivity contribution in [2.45, 2.75) is 13.3 Å². The molecule has 0 spiro atoms. The summed E-state index contributed by atoms with van der Waals surface area (Å²) in [5, 5.41) is 13.2. The first-order valence-corrected chi connectivity index (χ1v) is 8.81. The predicted molar refractivity (Wildman–Crippen MR) is 103 cm³/mol. The molecule has 0 aliphatic rings. The van der Waals surface area contributed by atoms with E-state index in [0.717, 1.165) is 11.1 Å². The van der Waals surface area contributed by atoms with Gasteiger partial charge < -0.3 is 10.1 Å². The normalized spacial score (nSPS) is 10.2. The largest absolute Gasteiger partial charge is 0.497 e. The number of nitriles is 1. The third-order valence-corrected chi connectivity index (χ3v) is 4.78. The van der Waals surface area contributed by atoms with Gasteiger partial charge in [-0.15, -0.1) is 0 Å². The molecule has 1 N–H and O–H groups in total. The van der Waals surface area contributed by atoms with Gasteiger partial charge in [-0.25, -0.2) is 4.98 Å². The summed E-state index contributed by atoms with van der Waals surface area (Å²) < 4.78 is 5.11. The van der Waals surface area contributed by atoms with Crippen molar-refractivity contribution < 1.29 is 9.53 Å². The maximum atomic E-state index is 12.6. The smallest absolute Gasteiger partial charge is 0.256 e. The maximum Gasteiger partial charge on any atom is 0.256 e. The van der Waals surface area contributed by atoms with Crippen LogP contribution in [0.25, 0.3) is 11.3 Å². The number of rotatable bonds is 5. The van der Waals surface area contributed by atoms with Crippen LogP contribution in [0.3, 0.4) is 0 Å². The first-order valence-electron chi connectivity index (χ1n) is 8.00. The Kier molecular flexibility index (Phi) is 5.30. The molecule has 0 bridgehead atoms. The molecule has 1 amide bonds. The molecular formula is C20H17N3O2S. The number of aryl methyl sites for hydroxylation is 1. The molecule has 0 fully saturated rings. The Balaban J connectivity index is 1.91. The van der Waals surface area contributed by atoms with E-state index >= 15 is 0 Å². The van der Waals surface area contributed by atoms with Crippen LogP contribution in [0.5, 0.6) is 5.75 Å². The summed E-state index contributed by atoms with van der Waals surface area (Å²) >= 11 is 1.32. The van der Waals surface area contributed by atoms with E-state index in [0.29, 0.717) is 27.0 Å². The lowest BCUT2D eigenvalue weighted by Gasteiger charge is -2.06. The maximum absolute atomic E-state index is 12.6. The minimum absolute atomic E-state index is 0.210. The van der Waals surface area contributed by atoms with Gasteiger partial charge in [-0.2, -0.15) is 5.26 Å². The van der Waals surface area contributed by atoms with Gasteiger partial charge in [0.05, 0.1) is 19.6 Å². The molecule has 3 rings (SSSR count). The van der Waals surface area contributed by atoms with Crippen molar-refractivity contribution in [1.29, 1.82) is 5.26 Å². The van der Waals surface area contributed by atoms with Crippen molar-refractivity contribution in [3.05, 3.63) is 64.7 Å². The molecule has 5 nitrogen and oxygen atoms in total. The van der Waals surface area contributed by atoms with Crippen LogP contribution in [0.1, 0.15) is 20.9 Å². The first-order chi connectivity index (χ1) is 12.6. The predicted octanol–water partition coefficient (Wildman–Crippen LogP) is 4.45. The zero-order chi connectivity index (χ0) is 18.5. The average Bonchev–Trinajstić information content (AvgIpc) is 3.05. The van der Waals surface area contributed by atoms with Crippen LogP contribution in [0.4, 0.5) is 5.00 Å². The molecule has 6 heteroatoms. The van der Waals surface area contributed by atoms with Gasteiger partial charge >= 0.3 is 0 Å². The number of nitrogens with zero attached hydrogens (tertiary/aromatic N) is 2. The Hall–Kier alpha value is -3.17. The molecule has 0 atom stereocenters. The standard InChI is InChI=1S/C20H17N3O2S/c1-13-3-5-14(6-4-13)18-20(26-17(22-18)11-12-21)23-19(24)15-7-9-16(25-2)10-8-15/h3-10H,11H2,1-2H3,(H,23,24). The van der Waals surface area contributed by atoms with Gasteiger partial charge in [0.2, 0.25) is 0 Å². The Morgan fingerprint density at radius 3 is 2.50 bits per heavy atom. The summed E-state index contributed by atoms with van der Waals surface area (Å²) in [5.74, 6) is 0.462. The minimum Gasteiger partial charge on any atom is -0.497 e. The first kappa shape index (κ1) is 17.6. The van der Waals surface area contributed by atoms with E-state index in [1.54, 1.807) is 31.4 Å². The van der Waals surface area contributed by atoms with E-state index in [1.165, 1.54) is 11.3 Å². The Bertz CT molecular complexity index is 954. The highest BCUT2D eigenvalue weighted by Gasteiger charge is 2.16. The van der Waals surface area contributed by atoms with E-state index < -0.39 is 0 Å². The fourth-order valence-corrected chi connectivity index (χ4v) is 3.33. The molecule has 0 aliphatic carbocycles. The highest BCUT2D eigenvalue weighted by Crippen LogP contribution is 2.34. The number of methoxy groups -OCH3 is 1. The van der Waals surface area contributed by atoms with E-state index in [2.05, 4.69) is 16.4 Å². The minimum atomic E-state index is -0.229. The highest BCUT2D eigenvalue weighted by atomic mass is 32.1. The van der Waals surface area contributed by atoms with Crippen LogP contribution in [0, 0.1) is 18.3 Å². The van der Waals surface area contributed by atoms with Crippen molar-refractivity contribution in [3.63, 3.8) is 0 Å². The second-order valence-corrected chi connectivity index (χ2v) is 6.75. The average molecular weight is 363 g/mol. The van der Waals surface area contributed by atoms with E-state index in [1.807, 2.05) is 31.2 Å². The topological polar surface area (TPSA) is 75.0 Å². The summed E-state index contributed by atoms with van der Waals surface area (Å²) in [6.07, 6.45) is 0.210. The molecule has 0 saturated carbocycles. The van der Waals surface area contributed by atoms with E-state index in [4.69, 9.17) is 10.00 Å². The van der Waals surface area contributed by atoms with Crippen molar-refractivity contribution in [2.24, 2.45) is 0 Å². The van der Waals surface area contributed by atoms with Crippen molar-refractivity contribution in [3.8, 4) is 23.1 Å². The number of ether oxygens (including phenoxy) is 1. The number of anilines is 1. The molecule has 0 radical (unpaired) electrons. The Morgan fingerprint density at radius 2 is 1.88 bits per heavy atom. The number of benzene rings is 2. The summed E-state index contributed by atoms with van der Waals surface area (Å²) in [6, 6.07) is 16.9. The number of thiazole rings is 1. The summed E-state index contributed by atoms with van der Waals surface area (Å²) in [7, 11) is 1.58. The lowest BCUT2D eigenvalue weighted by molar-refractivity contribution is 0.102. The lowest BCUT2D eigenvalue weighted by atomic mass is 10.1. The van der Waals surface area contributed by atoms with Crippen molar-refractivity contribution in [2.75, 3.05) is 12.4 Å². The molecule has 0 aliphatic heterocycles. The molecule has 130 valence electrons. The van der Waals surface area contributed by atoms with Gasteiger partial charge in [0.25, 0.3) is 5.91 Å². The van der Waals surface area contributed by atoms with E-state index in [-0.39, 0.29) is 12.3 Å². The number of amides is 1. The van der Waals surface area contributed by atoms with Gasteiger partial charge in [0.15, 0.2) is 0 Å². The fraction of sp³-hybridized carbons (Fsp3) is 0.150. The SMILES string of the molecule is COc1ccc(C(=O)Nc2sc(CC#N)nc2-c2ccc(C)cc2)cc1. The third-order valence-electron chi connectivity index (χ3n) is 3.81. The summed E-state index contributed by atoms with van der Waals surface area (Å²) in [4.78, 5) is 17.1. The third kappa shape index (κ3) is 3.90. The Labute approximate surface area is 155 Å². The van der Waals surface area contributed by atoms with E-state index in [9.17, 15) is 4.79 Å². The summed E-state index contributed by atoms with van der Waals surface area (Å²) in [6.45, 7) is 2.01. The molecule has 0 unspecified atom stereocenters.